The van der Waals surface area contributed by atoms with E-state index in [2.05, 4.69) is 5.32 Å². The van der Waals surface area contributed by atoms with Gasteiger partial charge in [0.2, 0.25) is 0 Å². The molecule has 2 N–H and O–H groups in total. The molecule has 2 aromatic rings. The SMILES string of the molecule is O=C(O)OC1CCOc2cc(Oc3ccc(C(=O)NCCC4CCCCC4)cc3)c(Cl)cc21. The van der Waals surface area contributed by atoms with Gasteiger partial charge in [0.1, 0.15) is 23.4 Å². The predicted molar refractivity (Wildman–Crippen MR) is 123 cm³/mol. The Kier molecular flexibility index (Phi) is 7.60. The number of carbonyl (C=O) groups excluding carboxylic acids is 1. The quantitative estimate of drug-likeness (QED) is 0.455. The molecule has 2 aliphatic rings. The first-order chi connectivity index (χ1) is 16.0. The van der Waals surface area contributed by atoms with Gasteiger partial charge in [-0.15, -0.1) is 0 Å². The molecule has 0 saturated heterocycles. The first-order valence-electron chi connectivity index (χ1n) is 11.4. The van der Waals surface area contributed by atoms with Crippen molar-refractivity contribution in [1.82, 2.24) is 5.32 Å². The summed E-state index contributed by atoms with van der Waals surface area (Å²) in [6.45, 7) is 1.02. The third kappa shape index (κ3) is 6.11. The molecule has 0 spiro atoms. The Labute approximate surface area is 198 Å². The average Bonchev–Trinajstić information content (AvgIpc) is 2.81. The number of hydrogen-bond donors (Lipinski definition) is 2. The molecule has 1 aliphatic carbocycles. The van der Waals surface area contributed by atoms with E-state index in [1.54, 1.807) is 36.4 Å². The maximum Gasteiger partial charge on any atom is 0.506 e. The minimum atomic E-state index is -1.34. The van der Waals surface area contributed by atoms with Crippen LogP contribution in [0.2, 0.25) is 5.02 Å². The van der Waals surface area contributed by atoms with Gasteiger partial charge in [-0.3, -0.25) is 4.79 Å². The van der Waals surface area contributed by atoms with Crippen molar-refractivity contribution in [3.8, 4) is 17.2 Å². The van der Waals surface area contributed by atoms with Crippen LogP contribution in [0.3, 0.4) is 0 Å². The van der Waals surface area contributed by atoms with Crippen molar-refractivity contribution < 1.29 is 28.9 Å². The van der Waals surface area contributed by atoms with Gasteiger partial charge in [-0.05, 0) is 42.7 Å². The Morgan fingerprint density at radius 1 is 1.09 bits per heavy atom. The van der Waals surface area contributed by atoms with Crippen LogP contribution >= 0.6 is 11.6 Å². The molecule has 1 aliphatic heterocycles. The number of carbonyl (C=O) groups is 2. The van der Waals surface area contributed by atoms with Crippen LogP contribution in [-0.2, 0) is 4.74 Å². The average molecular weight is 474 g/mol. The van der Waals surface area contributed by atoms with Gasteiger partial charge in [0.15, 0.2) is 0 Å². The molecule has 33 heavy (non-hydrogen) atoms. The van der Waals surface area contributed by atoms with Gasteiger partial charge in [-0.25, -0.2) is 4.79 Å². The summed E-state index contributed by atoms with van der Waals surface area (Å²) in [7, 11) is 0. The van der Waals surface area contributed by atoms with E-state index in [1.807, 2.05) is 0 Å². The van der Waals surface area contributed by atoms with Crippen molar-refractivity contribution in [2.24, 2.45) is 5.92 Å². The number of amides is 1. The Balaban J connectivity index is 1.35. The molecule has 1 saturated carbocycles. The number of benzene rings is 2. The van der Waals surface area contributed by atoms with Crippen LogP contribution in [0.15, 0.2) is 36.4 Å². The number of halogens is 1. The Morgan fingerprint density at radius 3 is 2.58 bits per heavy atom. The van der Waals surface area contributed by atoms with E-state index in [0.29, 0.717) is 53.0 Å². The van der Waals surface area contributed by atoms with Gasteiger partial charge in [0.25, 0.3) is 5.91 Å². The maximum absolute atomic E-state index is 12.4. The van der Waals surface area contributed by atoms with Gasteiger partial charge < -0.3 is 24.6 Å². The van der Waals surface area contributed by atoms with Gasteiger partial charge in [0, 0.05) is 30.2 Å². The fraction of sp³-hybridized carbons (Fsp3) is 0.440. The number of nitrogens with one attached hydrogen (secondary N) is 1. The summed E-state index contributed by atoms with van der Waals surface area (Å²) in [6.07, 6.45) is 5.95. The zero-order valence-corrected chi connectivity index (χ0v) is 19.1. The molecule has 1 atom stereocenters. The number of carboxylic acid groups (broad SMARTS) is 1. The van der Waals surface area contributed by atoms with E-state index < -0.39 is 12.3 Å². The predicted octanol–water partition coefficient (Wildman–Crippen LogP) is 6.35. The Morgan fingerprint density at radius 2 is 1.85 bits per heavy atom. The molecular formula is C25H28ClNO6. The summed E-state index contributed by atoms with van der Waals surface area (Å²) >= 11 is 6.37. The summed E-state index contributed by atoms with van der Waals surface area (Å²) in [4.78, 5) is 23.4. The number of fused-ring (bicyclic) bond motifs is 1. The molecule has 8 heteroatoms. The smallest absolute Gasteiger partial charge is 0.493 e. The van der Waals surface area contributed by atoms with Gasteiger partial charge in [-0.1, -0.05) is 43.7 Å². The zero-order valence-electron chi connectivity index (χ0n) is 18.3. The lowest BCUT2D eigenvalue weighted by Gasteiger charge is -2.25. The van der Waals surface area contributed by atoms with E-state index >= 15 is 0 Å². The summed E-state index contributed by atoms with van der Waals surface area (Å²) in [5.41, 5.74) is 1.14. The first kappa shape index (κ1) is 23.2. The number of ether oxygens (including phenoxy) is 3. The van der Waals surface area contributed by atoms with Crippen molar-refractivity contribution in [2.45, 2.75) is 51.0 Å². The second-order valence-corrected chi connectivity index (χ2v) is 8.91. The lowest BCUT2D eigenvalue weighted by atomic mass is 9.87. The van der Waals surface area contributed by atoms with Crippen molar-refractivity contribution in [2.75, 3.05) is 13.2 Å². The van der Waals surface area contributed by atoms with E-state index in [9.17, 15) is 9.59 Å². The van der Waals surface area contributed by atoms with Crippen molar-refractivity contribution >= 4 is 23.7 Å². The van der Waals surface area contributed by atoms with Crippen LogP contribution in [0.4, 0.5) is 4.79 Å². The summed E-state index contributed by atoms with van der Waals surface area (Å²) < 4.78 is 16.4. The van der Waals surface area contributed by atoms with E-state index in [1.165, 1.54) is 32.1 Å². The van der Waals surface area contributed by atoms with Crippen LogP contribution in [-0.4, -0.2) is 30.3 Å². The molecule has 1 heterocycles. The minimum Gasteiger partial charge on any atom is -0.493 e. The molecule has 176 valence electrons. The van der Waals surface area contributed by atoms with E-state index in [0.717, 1.165) is 12.3 Å². The largest absolute Gasteiger partial charge is 0.506 e. The molecular weight excluding hydrogens is 446 g/mol. The van der Waals surface area contributed by atoms with Crippen LogP contribution in [0.25, 0.3) is 0 Å². The Hall–Kier alpha value is -2.93. The van der Waals surface area contributed by atoms with Crippen LogP contribution in [0.5, 0.6) is 17.2 Å². The van der Waals surface area contributed by atoms with E-state index in [4.69, 9.17) is 30.9 Å². The normalized spacial score (nSPS) is 18.0. The van der Waals surface area contributed by atoms with Crippen molar-refractivity contribution in [3.63, 3.8) is 0 Å². The first-order valence-corrected chi connectivity index (χ1v) is 11.8. The summed E-state index contributed by atoms with van der Waals surface area (Å²) in [5, 5.41) is 12.2. The Bertz CT molecular complexity index is 987. The fourth-order valence-electron chi connectivity index (χ4n) is 4.45. The van der Waals surface area contributed by atoms with Gasteiger partial charge >= 0.3 is 6.16 Å². The summed E-state index contributed by atoms with van der Waals surface area (Å²) in [6, 6.07) is 10.1. The van der Waals surface area contributed by atoms with Crippen LogP contribution in [0.1, 0.15) is 67.0 Å². The third-order valence-corrected chi connectivity index (χ3v) is 6.49. The fourth-order valence-corrected chi connectivity index (χ4v) is 4.66. The monoisotopic (exact) mass is 473 g/mol. The highest BCUT2D eigenvalue weighted by Gasteiger charge is 2.27. The highest BCUT2D eigenvalue weighted by Crippen LogP contribution is 2.42. The lowest BCUT2D eigenvalue weighted by Crippen LogP contribution is -2.26. The standard InChI is InChI=1S/C25H28ClNO6/c26-20-14-19-21(33-25(29)30)11-13-31-22(19)15-23(20)32-18-8-6-17(7-9-18)24(28)27-12-10-16-4-2-1-3-5-16/h6-9,14-16,21H,1-5,10-13H2,(H,27,28)(H,29,30). The molecule has 0 bridgehead atoms. The number of rotatable bonds is 7. The van der Waals surface area contributed by atoms with Gasteiger partial charge in [0.05, 0.1) is 11.6 Å². The molecule has 7 nitrogen and oxygen atoms in total. The highest BCUT2D eigenvalue weighted by atomic mass is 35.5. The second-order valence-electron chi connectivity index (χ2n) is 8.51. The molecule has 1 unspecified atom stereocenters. The van der Waals surface area contributed by atoms with E-state index in [-0.39, 0.29) is 5.91 Å². The number of hydrogen-bond acceptors (Lipinski definition) is 5. The topological polar surface area (TPSA) is 94.1 Å². The molecule has 2 aromatic carbocycles. The van der Waals surface area contributed by atoms with Gasteiger partial charge in [-0.2, -0.15) is 0 Å². The molecule has 1 fully saturated rings. The zero-order chi connectivity index (χ0) is 23.2. The van der Waals surface area contributed by atoms with Crippen molar-refractivity contribution in [1.29, 1.82) is 0 Å². The van der Waals surface area contributed by atoms with Crippen molar-refractivity contribution in [3.05, 3.63) is 52.5 Å². The molecule has 0 radical (unpaired) electrons. The third-order valence-electron chi connectivity index (χ3n) is 6.20. The highest BCUT2D eigenvalue weighted by molar-refractivity contribution is 6.32. The molecule has 4 rings (SSSR count). The van der Waals surface area contributed by atoms with Crippen LogP contribution in [0, 0.1) is 5.92 Å². The lowest BCUT2D eigenvalue weighted by molar-refractivity contribution is 0.0326. The van der Waals surface area contributed by atoms with Crippen LogP contribution < -0.4 is 14.8 Å². The summed E-state index contributed by atoms with van der Waals surface area (Å²) in [5.74, 6) is 2.00. The molecule has 1 amide bonds. The maximum atomic E-state index is 12.4. The second kappa shape index (κ2) is 10.8. The molecule has 0 aromatic heterocycles. The minimum absolute atomic E-state index is 0.0953.